The standard InChI is InChI=1S/C15H15ClO3S/c1-10-8-11(2)15(12(3)9-10)20(17,18)19-14-6-4-13(16)5-7-14/h4-9H,1-3H3. The normalized spacial score (nSPS) is 11.4. The van der Waals surface area contributed by atoms with Gasteiger partial charge >= 0.3 is 10.1 Å². The summed E-state index contributed by atoms with van der Waals surface area (Å²) in [4.78, 5) is 0.220. The lowest BCUT2D eigenvalue weighted by atomic mass is 10.1. The Kier molecular flexibility index (Phi) is 4.06. The molecule has 2 aromatic rings. The van der Waals surface area contributed by atoms with Crippen LogP contribution in [0.5, 0.6) is 5.75 Å². The minimum atomic E-state index is -3.85. The van der Waals surface area contributed by atoms with Crippen LogP contribution in [0.15, 0.2) is 41.3 Å². The molecular formula is C15H15ClO3S. The molecule has 2 aromatic carbocycles. The monoisotopic (exact) mass is 310 g/mol. The van der Waals surface area contributed by atoms with E-state index in [2.05, 4.69) is 0 Å². The van der Waals surface area contributed by atoms with Crippen molar-refractivity contribution in [1.82, 2.24) is 0 Å². The highest BCUT2D eigenvalue weighted by molar-refractivity contribution is 7.87. The summed E-state index contributed by atoms with van der Waals surface area (Å²) in [7, 11) is -3.85. The lowest BCUT2D eigenvalue weighted by Gasteiger charge is -2.12. The van der Waals surface area contributed by atoms with E-state index < -0.39 is 10.1 Å². The Morgan fingerprint density at radius 1 is 0.950 bits per heavy atom. The van der Waals surface area contributed by atoms with Gasteiger partial charge in [0.05, 0.1) is 0 Å². The van der Waals surface area contributed by atoms with E-state index in [9.17, 15) is 8.42 Å². The number of hydrogen-bond donors (Lipinski definition) is 0. The molecular weight excluding hydrogens is 296 g/mol. The lowest BCUT2D eigenvalue weighted by molar-refractivity contribution is 0.485. The Morgan fingerprint density at radius 2 is 1.45 bits per heavy atom. The highest BCUT2D eigenvalue weighted by Crippen LogP contribution is 2.26. The first-order chi connectivity index (χ1) is 9.29. The SMILES string of the molecule is Cc1cc(C)c(S(=O)(=O)Oc2ccc(Cl)cc2)c(C)c1. The molecule has 2 rings (SSSR count). The molecule has 0 saturated carbocycles. The molecule has 0 N–H and O–H groups in total. The van der Waals surface area contributed by atoms with Gasteiger partial charge in [0, 0.05) is 5.02 Å². The van der Waals surface area contributed by atoms with Gasteiger partial charge < -0.3 is 4.18 Å². The molecule has 0 heterocycles. The molecule has 0 unspecified atom stereocenters. The van der Waals surface area contributed by atoms with Gasteiger partial charge in [0.2, 0.25) is 0 Å². The van der Waals surface area contributed by atoms with Crippen molar-refractivity contribution in [1.29, 1.82) is 0 Å². The minimum Gasteiger partial charge on any atom is -0.379 e. The molecule has 0 bridgehead atoms. The fourth-order valence-corrected chi connectivity index (χ4v) is 3.70. The topological polar surface area (TPSA) is 43.4 Å². The summed E-state index contributed by atoms with van der Waals surface area (Å²) in [5.74, 6) is 0.244. The smallest absolute Gasteiger partial charge is 0.339 e. The van der Waals surface area contributed by atoms with Crippen molar-refractivity contribution in [3.63, 3.8) is 0 Å². The summed E-state index contributed by atoms with van der Waals surface area (Å²) in [6.07, 6.45) is 0. The first-order valence-electron chi connectivity index (χ1n) is 6.07. The number of halogens is 1. The van der Waals surface area contributed by atoms with Gasteiger partial charge in [-0.3, -0.25) is 0 Å². The first-order valence-corrected chi connectivity index (χ1v) is 7.86. The van der Waals surface area contributed by atoms with Gasteiger partial charge in [0.1, 0.15) is 10.6 Å². The molecule has 0 fully saturated rings. The zero-order chi connectivity index (χ0) is 14.9. The lowest BCUT2D eigenvalue weighted by Crippen LogP contribution is -2.13. The van der Waals surface area contributed by atoms with Crippen LogP contribution in [-0.2, 0) is 10.1 Å². The fourth-order valence-electron chi connectivity index (χ4n) is 2.22. The molecule has 20 heavy (non-hydrogen) atoms. The van der Waals surface area contributed by atoms with E-state index >= 15 is 0 Å². The maximum absolute atomic E-state index is 12.4. The van der Waals surface area contributed by atoms with Crippen molar-refractivity contribution >= 4 is 21.7 Å². The van der Waals surface area contributed by atoms with Gasteiger partial charge in [-0.2, -0.15) is 8.42 Å². The van der Waals surface area contributed by atoms with E-state index in [0.29, 0.717) is 16.1 Å². The van der Waals surface area contributed by atoms with Gasteiger partial charge in [-0.25, -0.2) is 0 Å². The van der Waals surface area contributed by atoms with Crippen molar-refractivity contribution in [3.05, 3.63) is 58.1 Å². The number of benzene rings is 2. The Morgan fingerprint density at radius 3 is 1.95 bits per heavy atom. The molecule has 0 aliphatic rings. The second kappa shape index (κ2) is 5.46. The fraction of sp³-hybridized carbons (Fsp3) is 0.200. The van der Waals surface area contributed by atoms with Crippen molar-refractivity contribution in [2.24, 2.45) is 0 Å². The molecule has 0 aliphatic heterocycles. The number of aryl methyl sites for hydroxylation is 3. The van der Waals surface area contributed by atoms with Crippen LogP contribution >= 0.6 is 11.6 Å². The highest BCUT2D eigenvalue weighted by atomic mass is 35.5. The van der Waals surface area contributed by atoms with Crippen LogP contribution in [0.2, 0.25) is 5.02 Å². The van der Waals surface area contributed by atoms with Crippen LogP contribution in [0.1, 0.15) is 16.7 Å². The third kappa shape index (κ3) is 3.14. The second-order valence-electron chi connectivity index (χ2n) is 4.72. The Bertz CT molecular complexity index is 711. The molecule has 0 radical (unpaired) electrons. The number of rotatable bonds is 3. The zero-order valence-electron chi connectivity index (χ0n) is 11.5. The summed E-state index contributed by atoms with van der Waals surface area (Å²) in [6, 6.07) is 9.87. The van der Waals surface area contributed by atoms with Gasteiger partial charge in [-0.1, -0.05) is 29.3 Å². The van der Waals surface area contributed by atoms with Crippen molar-refractivity contribution < 1.29 is 12.6 Å². The van der Waals surface area contributed by atoms with E-state index in [1.807, 2.05) is 19.1 Å². The van der Waals surface area contributed by atoms with Crippen LogP contribution in [-0.4, -0.2) is 8.42 Å². The van der Waals surface area contributed by atoms with Gasteiger partial charge in [0.25, 0.3) is 0 Å². The van der Waals surface area contributed by atoms with Crippen LogP contribution in [0.4, 0.5) is 0 Å². The first kappa shape index (κ1) is 14.9. The van der Waals surface area contributed by atoms with Crippen molar-refractivity contribution in [2.75, 3.05) is 0 Å². The average Bonchev–Trinajstić information content (AvgIpc) is 2.30. The largest absolute Gasteiger partial charge is 0.379 e. The maximum Gasteiger partial charge on any atom is 0.339 e. The highest BCUT2D eigenvalue weighted by Gasteiger charge is 2.22. The van der Waals surface area contributed by atoms with E-state index in [4.69, 9.17) is 15.8 Å². The van der Waals surface area contributed by atoms with E-state index in [0.717, 1.165) is 5.56 Å². The average molecular weight is 311 g/mol. The predicted molar refractivity (Wildman–Crippen MR) is 79.9 cm³/mol. The third-order valence-electron chi connectivity index (χ3n) is 2.87. The molecule has 0 aromatic heterocycles. The summed E-state index contributed by atoms with van der Waals surface area (Å²) < 4.78 is 29.9. The van der Waals surface area contributed by atoms with Crippen LogP contribution < -0.4 is 4.18 Å². The molecule has 0 spiro atoms. The summed E-state index contributed by atoms with van der Waals surface area (Å²) >= 11 is 5.76. The molecule has 0 amide bonds. The molecule has 5 heteroatoms. The summed E-state index contributed by atoms with van der Waals surface area (Å²) in [6.45, 7) is 5.45. The van der Waals surface area contributed by atoms with Gasteiger partial charge in [0.15, 0.2) is 0 Å². The van der Waals surface area contributed by atoms with Crippen molar-refractivity contribution in [3.8, 4) is 5.75 Å². The third-order valence-corrected chi connectivity index (χ3v) is 4.68. The van der Waals surface area contributed by atoms with Crippen LogP contribution in [0.25, 0.3) is 0 Å². The summed E-state index contributed by atoms with van der Waals surface area (Å²) in [5.41, 5.74) is 2.37. The van der Waals surface area contributed by atoms with Crippen LogP contribution in [0.3, 0.4) is 0 Å². The molecule has 0 aliphatic carbocycles. The zero-order valence-corrected chi connectivity index (χ0v) is 13.0. The Labute approximate surface area is 124 Å². The van der Waals surface area contributed by atoms with E-state index in [1.165, 1.54) is 12.1 Å². The molecule has 106 valence electrons. The molecule has 3 nitrogen and oxygen atoms in total. The van der Waals surface area contributed by atoms with E-state index in [-0.39, 0.29) is 10.6 Å². The Hall–Kier alpha value is -1.52. The van der Waals surface area contributed by atoms with E-state index in [1.54, 1.807) is 26.0 Å². The quantitative estimate of drug-likeness (QED) is 0.804. The molecule has 0 saturated heterocycles. The maximum atomic E-state index is 12.4. The van der Waals surface area contributed by atoms with Gasteiger partial charge in [-0.05, 0) is 56.2 Å². The summed E-state index contributed by atoms with van der Waals surface area (Å²) in [5, 5.41) is 0.525. The van der Waals surface area contributed by atoms with Crippen LogP contribution in [0, 0.1) is 20.8 Å². The molecule has 0 atom stereocenters. The number of hydrogen-bond acceptors (Lipinski definition) is 3. The Balaban J connectivity index is 2.43. The second-order valence-corrected chi connectivity index (χ2v) is 6.64. The predicted octanol–water partition coefficient (Wildman–Crippen LogP) is 4.03. The van der Waals surface area contributed by atoms with Crippen molar-refractivity contribution in [2.45, 2.75) is 25.7 Å². The minimum absolute atomic E-state index is 0.220. The van der Waals surface area contributed by atoms with Gasteiger partial charge in [-0.15, -0.1) is 0 Å².